The fourth-order valence-corrected chi connectivity index (χ4v) is 2.43. The van der Waals surface area contributed by atoms with E-state index in [4.69, 9.17) is 9.88 Å². The number of aryl methyl sites for hydroxylation is 1. The van der Waals surface area contributed by atoms with Crippen molar-refractivity contribution in [1.82, 2.24) is 9.55 Å². The van der Waals surface area contributed by atoms with Crippen LogP contribution in [0.25, 0.3) is 0 Å². The van der Waals surface area contributed by atoms with Gasteiger partial charge in [0.1, 0.15) is 16.3 Å². The molecule has 0 spiro atoms. The number of carbonyl (C=O) groups excluding carboxylic acids is 1. The molecule has 2 rings (SSSR count). The van der Waals surface area contributed by atoms with Crippen molar-refractivity contribution >= 4 is 21.6 Å². The molecule has 0 atom stereocenters. The van der Waals surface area contributed by atoms with E-state index in [0.717, 1.165) is 0 Å². The molecule has 9 heteroatoms. The molecule has 8 nitrogen and oxygen atoms in total. The van der Waals surface area contributed by atoms with E-state index in [0.29, 0.717) is 11.4 Å². The first-order valence-corrected chi connectivity index (χ1v) is 7.36. The SMILES string of the molecule is COc1cc(NC(=O)c2cncn2C)ccc1S(N)(=O)=O. The number of benzene rings is 1. The van der Waals surface area contributed by atoms with Crippen LogP contribution >= 0.6 is 0 Å². The van der Waals surface area contributed by atoms with Crippen LogP contribution in [-0.4, -0.2) is 31.0 Å². The van der Waals surface area contributed by atoms with Crippen LogP contribution in [0.1, 0.15) is 10.5 Å². The number of nitrogens with two attached hydrogens (primary N) is 1. The Morgan fingerprint density at radius 3 is 2.67 bits per heavy atom. The number of sulfonamides is 1. The zero-order chi connectivity index (χ0) is 15.6. The Kier molecular flexibility index (Phi) is 3.96. The first-order chi connectivity index (χ1) is 9.82. The van der Waals surface area contributed by atoms with Gasteiger partial charge in [0.2, 0.25) is 10.0 Å². The van der Waals surface area contributed by atoms with Crippen molar-refractivity contribution in [3.05, 3.63) is 36.4 Å². The highest BCUT2D eigenvalue weighted by Crippen LogP contribution is 2.26. The summed E-state index contributed by atoms with van der Waals surface area (Å²) in [4.78, 5) is 15.7. The van der Waals surface area contributed by atoms with Crippen LogP contribution < -0.4 is 15.2 Å². The van der Waals surface area contributed by atoms with Gasteiger partial charge in [-0.1, -0.05) is 0 Å². The monoisotopic (exact) mass is 310 g/mol. The number of carbonyl (C=O) groups is 1. The Hall–Kier alpha value is -2.39. The second-order valence-corrected chi connectivity index (χ2v) is 5.78. The molecule has 21 heavy (non-hydrogen) atoms. The summed E-state index contributed by atoms with van der Waals surface area (Å²) in [5.74, 6) is -0.319. The Labute approximate surface area is 121 Å². The second-order valence-electron chi connectivity index (χ2n) is 4.25. The lowest BCUT2D eigenvalue weighted by atomic mass is 10.3. The van der Waals surface area contributed by atoms with E-state index in [1.165, 1.54) is 37.8 Å². The third-order valence-corrected chi connectivity index (χ3v) is 3.73. The van der Waals surface area contributed by atoms with Gasteiger partial charge in [0, 0.05) is 18.8 Å². The first-order valence-electron chi connectivity index (χ1n) is 5.81. The van der Waals surface area contributed by atoms with Gasteiger partial charge in [-0.25, -0.2) is 18.5 Å². The molecule has 0 saturated heterocycles. The third-order valence-electron chi connectivity index (χ3n) is 2.78. The fraction of sp³-hybridized carbons (Fsp3) is 0.167. The molecule has 0 bridgehead atoms. The summed E-state index contributed by atoms with van der Waals surface area (Å²) >= 11 is 0. The van der Waals surface area contributed by atoms with E-state index in [9.17, 15) is 13.2 Å². The molecule has 1 aromatic heterocycles. The van der Waals surface area contributed by atoms with Crippen molar-refractivity contribution < 1.29 is 17.9 Å². The molecule has 1 heterocycles. The predicted octanol–water partition coefficient (Wildman–Crippen LogP) is 0.328. The summed E-state index contributed by atoms with van der Waals surface area (Å²) in [7, 11) is -0.889. The van der Waals surface area contributed by atoms with E-state index in [2.05, 4.69) is 10.3 Å². The minimum absolute atomic E-state index is 0.0558. The summed E-state index contributed by atoms with van der Waals surface area (Å²) in [6.07, 6.45) is 2.92. The summed E-state index contributed by atoms with van der Waals surface area (Å²) in [5.41, 5.74) is 0.745. The van der Waals surface area contributed by atoms with Gasteiger partial charge in [0.15, 0.2) is 0 Å². The van der Waals surface area contributed by atoms with Crippen molar-refractivity contribution in [3.63, 3.8) is 0 Å². The summed E-state index contributed by atoms with van der Waals surface area (Å²) < 4.78 is 29.3. The van der Waals surface area contributed by atoms with Crippen molar-refractivity contribution in [1.29, 1.82) is 0 Å². The number of ether oxygens (including phenoxy) is 1. The van der Waals surface area contributed by atoms with Gasteiger partial charge in [0.05, 0.1) is 19.6 Å². The quantitative estimate of drug-likeness (QED) is 0.844. The number of hydrogen-bond donors (Lipinski definition) is 2. The molecule has 0 unspecified atom stereocenters. The van der Waals surface area contributed by atoms with Gasteiger partial charge in [0.25, 0.3) is 5.91 Å². The maximum atomic E-state index is 12.0. The fourth-order valence-electron chi connectivity index (χ4n) is 1.75. The standard InChI is InChI=1S/C12H14N4O4S/c1-16-7-14-6-9(16)12(17)15-8-3-4-11(21(13,18)19)10(5-8)20-2/h3-7H,1-2H3,(H,15,17)(H2,13,18,19). The van der Waals surface area contributed by atoms with Crippen molar-refractivity contribution in [2.24, 2.45) is 12.2 Å². The largest absolute Gasteiger partial charge is 0.495 e. The number of anilines is 1. The van der Waals surface area contributed by atoms with Gasteiger partial charge in [-0.2, -0.15) is 0 Å². The van der Waals surface area contributed by atoms with Crippen LogP contribution in [0.4, 0.5) is 5.69 Å². The maximum absolute atomic E-state index is 12.0. The van der Waals surface area contributed by atoms with Crippen LogP contribution in [0.3, 0.4) is 0 Å². The molecule has 1 amide bonds. The highest BCUT2D eigenvalue weighted by atomic mass is 32.2. The molecule has 0 aliphatic rings. The minimum Gasteiger partial charge on any atom is -0.495 e. The number of nitrogens with zero attached hydrogens (tertiary/aromatic N) is 2. The van der Waals surface area contributed by atoms with Crippen LogP contribution in [0.2, 0.25) is 0 Å². The predicted molar refractivity (Wildman–Crippen MR) is 75.5 cm³/mol. The smallest absolute Gasteiger partial charge is 0.273 e. The van der Waals surface area contributed by atoms with Crippen molar-refractivity contribution in [2.75, 3.05) is 12.4 Å². The van der Waals surface area contributed by atoms with E-state index >= 15 is 0 Å². The summed E-state index contributed by atoms with van der Waals surface area (Å²) in [6, 6.07) is 4.08. The van der Waals surface area contributed by atoms with Gasteiger partial charge < -0.3 is 14.6 Å². The highest BCUT2D eigenvalue weighted by molar-refractivity contribution is 7.89. The number of rotatable bonds is 4. The number of imidazole rings is 1. The number of primary sulfonamides is 1. The third kappa shape index (κ3) is 3.20. The molecule has 1 aromatic carbocycles. The van der Waals surface area contributed by atoms with Crippen molar-refractivity contribution in [3.8, 4) is 5.75 Å². The molecule has 2 aromatic rings. The molecular formula is C12H14N4O4S. The average Bonchev–Trinajstić information content (AvgIpc) is 2.83. The zero-order valence-electron chi connectivity index (χ0n) is 11.4. The molecule has 112 valence electrons. The molecule has 3 N–H and O–H groups in total. The van der Waals surface area contributed by atoms with Crippen LogP contribution in [0.5, 0.6) is 5.75 Å². The Balaban J connectivity index is 2.30. The number of nitrogens with one attached hydrogen (secondary N) is 1. The van der Waals surface area contributed by atoms with Crippen LogP contribution in [0.15, 0.2) is 35.6 Å². The van der Waals surface area contributed by atoms with Gasteiger partial charge in [-0.05, 0) is 12.1 Å². The minimum atomic E-state index is -3.89. The normalized spacial score (nSPS) is 11.2. The molecular weight excluding hydrogens is 296 g/mol. The Bertz CT molecular complexity index is 782. The zero-order valence-corrected chi connectivity index (χ0v) is 12.2. The van der Waals surface area contributed by atoms with Crippen molar-refractivity contribution in [2.45, 2.75) is 4.90 Å². The van der Waals surface area contributed by atoms with Gasteiger partial charge in [-0.3, -0.25) is 4.79 Å². The molecule has 0 saturated carbocycles. The lowest BCUT2D eigenvalue weighted by molar-refractivity contribution is 0.101. The van der Waals surface area contributed by atoms with E-state index < -0.39 is 10.0 Å². The van der Waals surface area contributed by atoms with Gasteiger partial charge >= 0.3 is 0 Å². The molecule has 0 aliphatic heterocycles. The number of methoxy groups -OCH3 is 1. The topological polar surface area (TPSA) is 116 Å². The lowest BCUT2D eigenvalue weighted by Gasteiger charge is -2.10. The first kappa shape index (κ1) is 15.0. The van der Waals surface area contributed by atoms with Crippen LogP contribution in [0, 0.1) is 0 Å². The molecule has 0 aliphatic carbocycles. The summed E-state index contributed by atoms with van der Waals surface area (Å²) in [6.45, 7) is 0. The Morgan fingerprint density at radius 2 is 2.14 bits per heavy atom. The molecule has 0 radical (unpaired) electrons. The number of aromatic nitrogens is 2. The maximum Gasteiger partial charge on any atom is 0.273 e. The highest BCUT2D eigenvalue weighted by Gasteiger charge is 2.16. The lowest BCUT2D eigenvalue weighted by Crippen LogP contribution is -2.16. The second kappa shape index (κ2) is 5.54. The van der Waals surface area contributed by atoms with E-state index in [1.807, 2.05) is 0 Å². The molecule has 0 fully saturated rings. The van der Waals surface area contributed by atoms with E-state index in [1.54, 1.807) is 11.6 Å². The van der Waals surface area contributed by atoms with Gasteiger partial charge in [-0.15, -0.1) is 0 Å². The average molecular weight is 310 g/mol. The number of amides is 1. The number of hydrogen-bond acceptors (Lipinski definition) is 5. The van der Waals surface area contributed by atoms with E-state index in [-0.39, 0.29) is 16.6 Å². The Morgan fingerprint density at radius 1 is 1.43 bits per heavy atom. The summed E-state index contributed by atoms with van der Waals surface area (Å²) in [5, 5.41) is 7.70. The van der Waals surface area contributed by atoms with Crippen LogP contribution in [-0.2, 0) is 17.1 Å².